The number of rotatable bonds is 3. The van der Waals surface area contributed by atoms with Crippen LogP contribution in [0.4, 0.5) is 0 Å². The Bertz CT molecular complexity index is 948. The Hall–Kier alpha value is -1.64. The van der Waals surface area contributed by atoms with E-state index in [2.05, 4.69) is 35.2 Å². The lowest BCUT2D eigenvalue weighted by Crippen LogP contribution is -2.58. The summed E-state index contributed by atoms with van der Waals surface area (Å²) in [5, 5.41) is 21.0. The molecule has 1 heterocycles. The third-order valence-corrected chi connectivity index (χ3v) is 10.7. The predicted octanol–water partition coefficient (Wildman–Crippen LogP) is 4.40. The van der Waals surface area contributed by atoms with E-state index in [4.69, 9.17) is 0 Å². The number of ketones is 1. The normalized spacial score (nSPS) is 46.5. The molecule has 5 nitrogen and oxygen atoms in total. The summed E-state index contributed by atoms with van der Waals surface area (Å²) >= 11 is 0. The monoisotopic (exact) mass is 452 g/mol. The van der Waals surface area contributed by atoms with Gasteiger partial charge in [-0.1, -0.05) is 25.7 Å². The summed E-state index contributed by atoms with van der Waals surface area (Å²) in [4.78, 5) is 16.7. The Morgan fingerprint density at radius 3 is 2.61 bits per heavy atom. The van der Waals surface area contributed by atoms with E-state index in [1.807, 2.05) is 12.5 Å². The van der Waals surface area contributed by atoms with Crippen molar-refractivity contribution in [3.63, 3.8) is 0 Å². The summed E-state index contributed by atoms with van der Waals surface area (Å²) in [6.45, 7) is 6.72. The number of imidazole rings is 1. The van der Waals surface area contributed by atoms with Crippen LogP contribution in [-0.4, -0.2) is 37.8 Å². The summed E-state index contributed by atoms with van der Waals surface area (Å²) < 4.78 is 2.06. The lowest BCUT2D eigenvalue weighted by molar-refractivity contribution is -0.157. The molecule has 4 aliphatic rings. The van der Waals surface area contributed by atoms with Crippen LogP contribution in [0.15, 0.2) is 18.7 Å². The average Bonchev–Trinajstić information content (AvgIpc) is 3.41. The molecule has 0 aliphatic heterocycles. The minimum Gasteiger partial charge on any atom is -0.395 e. The Morgan fingerprint density at radius 1 is 1.12 bits per heavy atom. The van der Waals surface area contributed by atoms with Gasteiger partial charge in [-0.25, -0.2) is 4.98 Å². The van der Waals surface area contributed by atoms with E-state index in [0.717, 1.165) is 25.7 Å². The fourth-order valence-electron chi connectivity index (χ4n) is 9.16. The second kappa shape index (κ2) is 8.24. The molecule has 1 aromatic rings. The molecule has 0 amide bonds. The first-order valence-electron chi connectivity index (χ1n) is 13.0. The maximum absolute atomic E-state index is 12.4. The van der Waals surface area contributed by atoms with E-state index >= 15 is 0 Å². The van der Waals surface area contributed by atoms with Crippen LogP contribution >= 0.6 is 0 Å². The van der Waals surface area contributed by atoms with Gasteiger partial charge in [0.25, 0.3) is 0 Å². The van der Waals surface area contributed by atoms with Crippen molar-refractivity contribution in [2.45, 2.75) is 90.2 Å². The third kappa shape index (κ3) is 3.51. The summed E-state index contributed by atoms with van der Waals surface area (Å²) in [6, 6.07) is -0.131. The molecule has 0 saturated heterocycles. The maximum atomic E-state index is 12.4. The quantitative estimate of drug-likeness (QED) is 0.667. The minimum absolute atomic E-state index is 0.0190. The average molecular weight is 453 g/mol. The first-order chi connectivity index (χ1) is 15.7. The molecule has 5 heteroatoms. The second-order valence-corrected chi connectivity index (χ2v) is 12.1. The van der Waals surface area contributed by atoms with Crippen LogP contribution in [0.5, 0.6) is 0 Å². The van der Waals surface area contributed by atoms with Crippen LogP contribution < -0.4 is 0 Å². The topological polar surface area (TPSA) is 75.3 Å². The number of aliphatic hydroxyl groups excluding tert-OH is 1. The van der Waals surface area contributed by atoms with E-state index in [1.54, 1.807) is 13.1 Å². The van der Waals surface area contributed by atoms with Crippen molar-refractivity contribution in [1.82, 2.24) is 9.55 Å². The highest BCUT2D eigenvalue weighted by atomic mass is 16.3. The number of fused-ring (bicyclic) bond motifs is 5. The van der Waals surface area contributed by atoms with Gasteiger partial charge in [-0.3, -0.25) is 4.79 Å². The smallest absolute Gasteiger partial charge is 0.146 e. The van der Waals surface area contributed by atoms with Gasteiger partial charge < -0.3 is 14.8 Å². The lowest BCUT2D eigenvalue weighted by atomic mass is 9.43. The van der Waals surface area contributed by atoms with Crippen LogP contribution in [0, 0.1) is 52.3 Å². The molecule has 0 aromatic carbocycles. The van der Waals surface area contributed by atoms with Gasteiger partial charge in [-0.2, -0.15) is 0 Å². The van der Waals surface area contributed by atoms with Gasteiger partial charge >= 0.3 is 0 Å². The molecule has 180 valence electrons. The first kappa shape index (κ1) is 23.1. The van der Waals surface area contributed by atoms with Gasteiger partial charge in [0.1, 0.15) is 11.4 Å². The summed E-state index contributed by atoms with van der Waals surface area (Å²) in [6.07, 6.45) is 14.5. The molecule has 0 bridgehead atoms. The van der Waals surface area contributed by atoms with Crippen molar-refractivity contribution in [2.75, 3.05) is 6.61 Å². The summed E-state index contributed by atoms with van der Waals surface area (Å²) in [5.74, 6) is 9.27. The van der Waals surface area contributed by atoms with E-state index in [1.165, 1.54) is 19.3 Å². The second-order valence-electron chi connectivity index (χ2n) is 12.1. The maximum Gasteiger partial charge on any atom is 0.146 e. The standard InChI is InChI=1S/C28H40N2O3/c1-19(32)22-8-9-23-21-7-6-20-16-28(33,11-4-5-15-31)25(30-14-13-29-18-30)17-27(20,3)24(21)10-12-26(22,23)2/h13-14,18,20-25,31,33H,5-10,12,15-17H2,1-3H3/t20-,21+,22-,23+,24+,25?,26-,27+,28+/m1/s1. The highest BCUT2D eigenvalue weighted by Gasteiger charge is 2.63. The predicted molar refractivity (Wildman–Crippen MR) is 127 cm³/mol. The SMILES string of the molecule is CC(=O)[C@H]1CC[C@H]2[C@@H]3CC[C@@H]4C[C@@](O)(C#CCCO)C(n5ccnc5)C[C@]4(C)[C@H]3CC[C@]12C. The van der Waals surface area contributed by atoms with Gasteiger partial charge in [-0.15, -0.1) is 0 Å². The number of aliphatic hydroxyl groups is 2. The zero-order valence-electron chi connectivity index (χ0n) is 20.5. The number of hydrogen-bond donors (Lipinski definition) is 2. The molecular weight excluding hydrogens is 412 g/mol. The van der Waals surface area contributed by atoms with Crippen LogP contribution in [-0.2, 0) is 4.79 Å². The molecule has 9 atom stereocenters. The molecule has 4 fully saturated rings. The van der Waals surface area contributed by atoms with Crippen LogP contribution in [0.1, 0.15) is 84.6 Å². The number of carbonyl (C=O) groups excluding carboxylic acids is 1. The summed E-state index contributed by atoms with van der Waals surface area (Å²) in [7, 11) is 0. The number of nitrogens with zero attached hydrogens (tertiary/aromatic N) is 2. The van der Waals surface area contributed by atoms with Gasteiger partial charge in [-0.05, 0) is 92.8 Å². The molecule has 33 heavy (non-hydrogen) atoms. The van der Waals surface area contributed by atoms with Gasteiger partial charge in [0, 0.05) is 24.7 Å². The fraction of sp³-hybridized carbons (Fsp3) is 0.786. The Kier molecular flexibility index (Phi) is 5.77. The fourth-order valence-corrected chi connectivity index (χ4v) is 9.16. The molecule has 1 unspecified atom stereocenters. The van der Waals surface area contributed by atoms with Crippen molar-refractivity contribution in [2.24, 2.45) is 40.4 Å². The van der Waals surface area contributed by atoms with Crippen molar-refractivity contribution < 1.29 is 15.0 Å². The number of aromatic nitrogens is 2. The van der Waals surface area contributed by atoms with E-state index in [9.17, 15) is 15.0 Å². The molecule has 0 spiro atoms. The number of carbonyl (C=O) groups is 1. The van der Waals surface area contributed by atoms with E-state index < -0.39 is 5.60 Å². The lowest BCUT2D eigenvalue weighted by Gasteiger charge is -2.63. The Morgan fingerprint density at radius 2 is 1.91 bits per heavy atom. The van der Waals surface area contributed by atoms with Crippen LogP contribution in [0.25, 0.3) is 0 Å². The Labute approximate surface area is 198 Å². The Balaban J connectivity index is 1.47. The molecule has 4 saturated carbocycles. The largest absolute Gasteiger partial charge is 0.395 e. The molecule has 2 N–H and O–H groups in total. The van der Waals surface area contributed by atoms with Crippen molar-refractivity contribution in [3.05, 3.63) is 18.7 Å². The molecule has 4 aliphatic carbocycles. The summed E-state index contributed by atoms with van der Waals surface area (Å²) in [5.41, 5.74) is -0.771. The van der Waals surface area contributed by atoms with Crippen LogP contribution in [0.2, 0.25) is 0 Å². The molecular formula is C28H40N2O3. The van der Waals surface area contributed by atoms with Crippen molar-refractivity contribution in [3.8, 4) is 11.8 Å². The highest BCUT2D eigenvalue weighted by Crippen LogP contribution is 2.69. The first-order valence-corrected chi connectivity index (χ1v) is 13.0. The number of Topliss-reactive ketones (excluding diaryl/α,β-unsaturated/α-hetero) is 1. The van der Waals surface area contributed by atoms with E-state index in [-0.39, 0.29) is 29.4 Å². The van der Waals surface area contributed by atoms with Gasteiger partial charge in [0.05, 0.1) is 19.0 Å². The van der Waals surface area contributed by atoms with Crippen molar-refractivity contribution in [1.29, 1.82) is 0 Å². The third-order valence-electron chi connectivity index (χ3n) is 10.7. The zero-order chi connectivity index (χ0) is 23.4. The van der Waals surface area contributed by atoms with Crippen LogP contribution in [0.3, 0.4) is 0 Å². The highest BCUT2D eigenvalue weighted by molar-refractivity contribution is 5.79. The number of hydrogen-bond acceptors (Lipinski definition) is 4. The van der Waals surface area contributed by atoms with Crippen molar-refractivity contribution >= 4 is 5.78 Å². The minimum atomic E-state index is -1.09. The zero-order valence-corrected chi connectivity index (χ0v) is 20.5. The molecule has 1 aromatic heterocycles. The van der Waals surface area contributed by atoms with Gasteiger partial charge in [0.15, 0.2) is 0 Å². The molecule has 5 rings (SSSR count). The molecule has 0 radical (unpaired) electrons. The van der Waals surface area contributed by atoms with E-state index in [0.29, 0.717) is 42.3 Å². The van der Waals surface area contributed by atoms with Gasteiger partial charge in [0.2, 0.25) is 0 Å².